The van der Waals surface area contributed by atoms with E-state index in [-0.39, 0.29) is 6.61 Å². The molecular weight excluding hydrogens is 318 g/mol. The molecule has 132 valence electrons. The number of aliphatic hydroxyl groups is 1. The third kappa shape index (κ3) is 4.00. The van der Waals surface area contributed by atoms with E-state index in [0.717, 1.165) is 34.9 Å². The van der Waals surface area contributed by atoms with E-state index >= 15 is 0 Å². The second-order valence-corrected chi connectivity index (χ2v) is 5.65. The molecule has 2 aromatic heterocycles. The van der Waals surface area contributed by atoms with Crippen LogP contribution in [0.3, 0.4) is 0 Å². The van der Waals surface area contributed by atoms with Gasteiger partial charge in [0.2, 0.25) is 0 Å². The molecule has 0 bridgehead atoms. The van der Waals surface area contributed by atoms with Gasteiger partial charge < -0.3 is 15.2 Å². The molecule has 0 unspecified atom stereocenters. The van der Waals surface area contributed by atoms with Crippen LogP contribution in [0.5, 0.6) is 5.75 Å². The van der Waals surface area contributed by atoms with Crippen LogP contribution in [0.2, 0.25) is 0 Å². The molecule has 3 rings (SSSR count). The maximum atomic E-state index is 9.30. The van der Waals surface area contributed by atoms with Crippen LogP contribution in [0.1, 0.15) is 12.5 Å². The van der Waals surface area contributed by atoms with Crippen molar-refractivity contribution in [1.29, 1.82) is 0 Å². The summed E-state index contributed by atoms with van der Waals surface area (Å²) in [6.45, 7) is 4.01. The van der Waals surface area contributed by atoms with E-state index in [1.807, 2.05) is 47.4 Å². The average molecular weight is 341 g/mol. The minimum absolute atomic E-state index is 0.0294. The first kappa shape index (κ1) is 17.0. The molecule has 0 aliphatic rings. The Balaban J connectivity index is 1.81. The maximum absolute atomic E-state index is 9.30. The topological polar surface area (TPSA) is 77.1 Å². The van der Waals surface area contributed by atoms with E-state index in [0.29, 0.717) is 13.1 Å². The lowest BCUT2D eigenvalue weighted by Gasteiger charge is -2.07. The molecule has 3 aromatic rings. The van der Waals surface area contributed by atoms with Gasteiger partial charge in [-0.05, 0) is 19.1 Å². The SMILES string of the molecule is CCn1cc(CNc2cc(-c3cccc(OC)c3)nn2CCO)cn1. The minimum Gasteiger partial charge on any atom is -0.497 e. The van der Waals surface area contributed by atoms with Crippen LogP contribution >= 0.6 is 0 Å². The van der Waals surface area contributed by atoms with Crippen LogP contribution in [0.15, 0.2) is 42.7 Å². The molecule has 0 saturated heterocycles. The van der Waals surface area contributed by atoms with Crippen molar-refractivity contribution in [3.8, 4) is 17.0 Å². The van der Waals surface area contributed by atoms with Gasteiger partial charge in [0.25, 0.3) is 0 Å². The summed E-state index contributed by atoms with van der Waals surface area (Å²) in [5, 5.41) is 21.6. The van der Waals surface area contributed by atoms with E-state index in [4.69, 9.17) is 4.74 Å². The van der Waals surface area contributed by atoms with Crippen LogP contribution in [-0.2, 0) is 19.6 Å². The monoisotopic (exact) mass is 341 g/mol. The average Bonchev–Trinajstić information content (AvgIpc) is 3.27. The van der Waals surface area contributed by atoms with Gasteiger partial charge in [0, 0.05) is 36.5 Å². The fourth-order valence-electron chi connectivity index (χ4n) is 2.61. The molecule has 2 N–H and O–H groups in total. The number of nitrogens with one attached hydrogen (secondary N) is 1. The van der Waals surface area contributed by atoms with Crippen molar-refractivity contribution in [2.24, 2.45) is 0 Å². The highest BCUT2D eigenvalue weighted by atomic mass is 16.5. The molecule has 1 aromatic carbocycles. The molecule has 25 heavy (non-hydrogen) atoms. The lowest BCUT2D eigenvalue weighted by atomic mass is 10.1. The van der Waals surface area contributed by atoms with Crippen molar-refractivity contribution in [2.75, 3.05) is 19.0 Å². The highest BCUT2D eigenvalue weighted by Gasteiger charge is 2.10. The summed E-state index contributed by atoms with van der Waals surface area (Å²) in [7, 11) is 1.65. The molecule has 2 heterocycles. The summed E-state index contributed by atoms with van der Waals surface area (Å²) in [5.74, 6) is 1.65. The Labute approximate surface area is 146 Å². The molecular formula is C18H23N5O2. The van der Waals surface area contributed by atoms with Gasteiger partial charge in [0.15, 0.2) is 0 Å². The van der Waals surface area contributed by atoms with E-state index < -0.39 is 0 Å². The summed E-state index contributed by atoms with van der Waals surface area (Å²) in [4.78, 5) is 0. The number of hydrogen-bond donors (Lipinski definition) is 2. The Morgan fingerprint density at radius 2 is 2.16 bits per heavy atom. The number of aliphatic hydroxyl groups excluding tert-OH is 1. The van der Waals surface area contributed by atoms with E-state index in [1.54, 1.807) is 11.8 Å². The third-order valence-electron chi connectivity index (χ3n) is 3.94. The second-order valence-electron chi connectivity index (χ2n) is 5.65. The predicted octanol–water partition coefficient (Wildman–Crippen LogP) is 2.38. The van der Waals surface area contributed by atoms with Gasteiger partial charge in [-0.15, -0.1) is 0 Å². The number of methoxy groups -OCH3 is 1. The van der Waals surface area contributed by atoms with Crippen LogP contribution in [-0.4, -0.2) is 38.4 Å². The van der Waals surface area contributed by atoms with Crippen molar-refractivity contribution < 1.29 is 9.84 Å². The number of aromatic nitrogens is 4. The lowest BCUT2D eigenvalue weighted by Crippen LogP contribution is -2.10. The molecule has 0 spiro atoms. The number of aryl methyl sites for hydroxylation is 1. The Hall–Kier alpha value is -2.80. The van der Waals surface area contributed by atoms with Gasteiger partial charge in [-0.1, -0.05) is 12.1 Å². The number of rotatable bonds is 8. The van der Waals surface area contributed by atoms with Gasteiger partial charge in [0.05, 0.1) is 32.2 Å². The van der Waals surface area contributed by atoms with Crippen molar-refractivity contribution in [3.05, 3.63) is 48.3 Å². The normalized spacial score (nSPS) is 10.8. The lowest BCUT2D eigenvalue weighted by molar-refractivity contribution is 0.270. The number of anilines is 1. The van der Waals surface area contributed by atoms with Crippen LogP contribution in [0, 0.1) is 0 Å². The first-order chi connectivity index (χ1) is 12.2. The molecule has 0 aliphatic heterocycles. The summed E-state index contributed by atoms with van der Waals surface area (Å²) in [6, 6.07) is 9.75. The zero-order chi connectivity index (χ0) is 17.6. The van der Waals surface area contributed by atoms with E-state index in [2.05, 4.69) is 22.4 Å². The molecule has 7 heteroatoms. The van der Waals surface area contributed by atoms with Gasteiger partial charge in [-0.3, -0.25) is 4.68 Å². The van der Waals surface area contributed by atoms with Gasteiger partial charge in [0.1, 0.15) is 11.6 Å². The number of ether oxygens (including phenoxy) is 1. The van der Waals surface area contributed by atoms with E-state index in [1.165, 1.54) is 0 Å². The van der Waals surface area contributed by atoms with E-state index in [9.17, 15) is 5.11 Å². The van der Waals surface area contributed by atoms with Gasteiger partial charge in [-0.2, -0.15) is 10.2 Å². The first-order valence-corrected chi connectivity index (χ1v) is 8.31. The highest BCUT2D eigenvalue weighted by molar-refractivity contribution is 5.64. The van der Waals surface area contributed by atoms with Crippen LogP contribution < -0.4 is 10.1 Å². The first-order valence-electron chi connectivity index (χ1n) is 8.31. The predicted molar refractivity (Wildman–Crippen MR) is 96.5 cm³/mol. The molecule has 7 nitrogen and oxygen atoms in total. The second kappa shape index (κ2) is 7.85. The smallest absolute Gasteiger partial charge is 0.125 e. The molecule has 0 fully saturated rings. The quantitative estimate of drug-likeness (QED) is 0.658. The van der Waals surface area contributed by atoms with Gasteiger partial charge >= 0.3 is 0 Å². The Morgan fingerprint density at radius 1 is 1.28 bits per heavy atom. The fraction of sp³-hybridized carbons (Fsp3) is 0.333. The Kier molecular flexibility index (Phi) is 5.35. The molecule has 0 saturated carbocycles. The Bertz CT molecular complexity index is 824. The highest BCUT2D eigenvalue weighted by Crippen LogP contribution is 2.25. The minimum atomic E-state index is 0.0294. The third-order valence-corrected chi connectivity index (χ3v) is 3.94. The molecule has 0 radical (unpaired) electrons. The van der Waals surface area contributed by atoms with Crippen molar-refractivity contribution in [1.82, 2.24) is 19.6 Å². The van der Waals surface area contributed by atoms with Crippen LogP contribution in [0.25, 0.3) is 11.3 Å². The molecule has 0 aliphatic carbocycles. The van der Waals surface area contributed by atoms with Crippen molar-refractivity contribution >= 4 is 5.82 Å². The number of hydrogen-bond acceptors (Lipinski definition) is 5. The van der Waals surface area contributed by atoms with Gasteiger partial charge in [-0.25, -0.2) is 4.68 Å². The number of benzene rings is 1. The zero-order valence-corrected chi connectivity index (χ0v) is 14.5. The largest absolute Gasteiger partial charge is 0.497 e. The summed E-state index contributed by atoms with van der Waals surface area (Å²) in [6.07, 6.45) is 3.87. The summed E-state index contributed by atoms with van der Waals surface area (Å²) in [5.41, 5.74) is 2.90. The van der Waals surface area contributed by atoms with Crippen molar-refractivity contribution in [3.63, 3.8) is 0 Å². The number of nitrogens with zero attached hydrogens (tertiary/aromatic N) is 4. The zero-order valence-electron chi connectivity index (χ0n) is 14.5. The molecule has 0 atom stereocenters. The fourth-order valence-corrected chi connectivity index (χ4v) is 2.61. The summed E-state index contributed by atoms with van der Waals surface area (Å²) < 4.78 is 8.95. The molecule has 0 amide bonds. The standard InChI is InChI=1S/C18H23N5O2/c1-3-22-13-14(12-20-22)11-19-18-10-17(21-23(18)7-8-24)15-5-4-6-16(9-15)25-2/h4-6,9-10,12-13,19,24H,3,7-8,11H2,1-2H3. The summed E-state index contributed by atoms with van der Waals surface area (Å²) >= 11 is 0. The maximum Gasteiger partial charge on any atom is 0.125 e. The Morgan fingerprint density at radius 3 is 2.88 bits per heavy atom. The van der Waals surface area contributed by atoms with Crippen LogP contribution in [0.4, 0.5) is 5.82 Å². The van der Waals surface area contributed by atoms with Crippen molar-refractivity contribution in [2.45, 2.75) is 26.6 Å².